The van der Waals surface area contributed by atoms with Gasteiger partial charge in [0.05, 0.1) is 10.7 Å². The molecule has 0 spiro atoms. The van der Waals surface area contributed by atoms with E-state index in [-0.39, 0.29) is 11.6 Å². The SMILES string of the molecule is Cc1ccc(CNC(=O)c2nc(-n3nc(C)cc3C)ccc2Cl)cc1. The molecule has 2 heterocycles. The summed E-state index contributed by atoms with van der Waals surface area (Å²) in [7, 11) is 0. The van der Waals surface area contributed by atoms with Crippen LogP contribution in [0.5, 0.6) is 0 Å². The minimum Gasteiger partial charge on any atom is -0.347 e. The summed E-state index contributed by atoms with van der Waals surface area (Å²) in [5.41, 5.74) is 4.22. The van der Waals surface area contributed by atoms with Crippen molar-refractivity contribution in [2.24, 2.45) is 0 Å². The summed E-state index contributed by atoms with van der Waals surface area (Å²) in [5, 5.41) is 7.56. The second-order valence-corrected chi connectivity index (χ2v) is 6.41. The summed E-state index contributed by atoms with van der Waals surface area (Å²) in [6.45, 7) is 6.29. The van der Waals surface area contributed by atoms with Crippen molar-refractivity contribution in [3.63, 3.8) is 0 Å². The Bertz CT molecular complexity index is 916. The van der Waals surface area contributed by atoms with Gasteiger partial charge in [-0.15, -0.1) is 0 Å². The predicted molar refractivity (Wildman–Crippen MR) is 98.2 cm³/mol. The van der Waals surface area contributed by atoms with E-state index in [1.165, 1.54) is 5.56 Å². The average Bonchev–Trinajstić information content (AvgIpc) is 2.93. The zero-order valence-electron chi connectivity index (χ0n) is 14.4. The van der Waals surface area contributed by atoms with Gasteiger partial charge in [-0.1, -0.05) is 41.4 Å². The number of nitrogens with one attached hydrogen (secondary N) is 1. The standard InChI is InChI=1S/C19H19ClN4O/c1-12-4-6-15(7-5-12)11-21-19(25)18-16(20)8-9-17(22-18)24-14(3)10-13(2)23-24/h4-10H,11H2,1-3H3,(H,21,25). The second-order valence-electron chi connectivity index (χ2n) is 6.01. The van der Waals surface area contributed by atoms with Crippen LogP contribution in [0.25, 0.3) is 5.82 Å². The summed E-state index contributed by atoms with van der Waals surface area (Å²) in [4.78, 5) is 16.9. The minimum atomic E-state index is -0.311. The van der Waals surface area contributed by atoms with Crippen LogP contribution in [0, 0.1) is 20.8 Å². The summed E-state index contributed by atoms with van der Waals surface area (Å²) in [6, 6.07) is 13.4. The van der Waals surface area contributed by atoms with Crippen LogP contribution in [0.2, 0.25) is 5.02 Å². The van der Waals surface area contributed by atoms with Crippen LogP contribution in [0.15, 0.2) is 42.5 Å². The van der Waals surface area contributed by atoms with Gasteiger partial charge in [0.25, 0.3) is 5.91 Å². The fourth-order valence-electron chi connectivity index (χ4n) is 2.54. The molecular formula is C19H19ClN4O. The highest BCUT2D eigenvalue weighted by Gasteiger charge is 2.15. The zero-order chi connectivity index (χ0) is 18.0. The largest absolute Gasteiger partial charge is 0.347 e. The predicted octanol–water partition coefficient (Wildman–Crippen LogP) is 3.78. The molecule has 0 aliphatic carbocycles. The number of pyridine rings is 1. The summed E-state index contributed by atoms with van der Waals surface area (Å²) in [5.74, 6) is 0.254. The van der Waals surface area contributed by atoms with Gasteiger partial charge in [0.2, 0.25) is 0 Å². The molecule has 0 aliphatic rings. The fourth-order valence-corrected chi connectivity index (χ4v) is 2.73. The number of hydrogen-bond donors (Lipinski definition) is 1. The third kappa shape index (κ3) is 3.88. The van der Waals surface area contributed by atoms with E-state index >= 15 is 0 Å². The molecule has 5 nitrogen and oxygen atoms in total. The van der Waals surface area contributed by atoms with Crippen LogP contribution in [0.3, 0.4) is 0 Å². The molecule has 1 aromatic carbocycles. The maximum Gasteiger partial charge on any atom is 0.271 e. The first-order valence-corrected chi connectivity index (χ1v) is 8.36. The molecule has 128 valence electrons. The van der Waals surface area contributed by atoms with Gasteiger partial charge in [-0.25, -0.2) is 9.67 Å². The van der Waals surface area contributed by atoms with Crippen molar-refractivity contribution in [1.29, 1.82) is 0 Å². The molecule has 3 rings (SSSR count). The quantitative estimate of drug-likeness (QED) is 0.775. The lowest BCUT2D eigenvalue weighted by atomic mass is 10.1. The Balaban J connectivity index is 1.81. The van der Waals surface area contributed by atoms with E-state index in [4.69, 9.17) is 11.6 Å². The molecular weight excluding hydrogens is 336 g/mol. The number of carbonyl (C=O) groups excluding carboxylic acids is 1. The lowest BCUT2D eigenvalue weighted by Gasteiger charge is -2.09. The number of benzene rings is 1. The van der Waals surface area contributed by atoms with Crippen LogP contribution in [0.4, 0.5) is 0 Å². The molecule has 2 aromatic heterocycles. The van der Waals surface area contributed by atoms with Crippen molar-refractivity contribution >= 4 is 17.5 Å². The molecule has 0 unspecified atom stereocenters. The molecule has 1 N–H and O–H groups in total. The third-order valence-electron chi connectivity index (χ3n) is 3.85. The Morgan fingerprint density at radius 3 is 2.48 bits per heavy atom. The maximum absolute atomic E-state index is 12.5. The number of amides is 1. The minimum absolute atomic E-state index is 0.193. The van der Waals surface area contributed by atoms with Gasteiger partial charge in [0.1, 0.15) is 5.69 Å². The van der Waals surface area contributed by atoms with Gasteiger partial charge >= 0.3 is 0 Å². The number of aromatic nitrogens is 3. The Kier molecular flexibility index (Phi) is 4.86. The summed E-state index contributed by atoms with van der Waals surface area (Å²) < 4.78 is 1.70. The molecule has 0 radical (unpaired) electrons. The van der Waals surface area contributed by atoms with Crippen LogP contribution < -0.4 is 5.32 Å². The van der Waals surface area contributed by atoms with E-state index in [0.717, 1.165) is 17.0 Å². The summed E-state index contributed by atoms with van der Waals surface area (Å²) >= 11 is 6.17. The molecule has 0 fully saturated rings. The number of carbonyl (C=O) groups is 1. The lowest BCUT2D eigenvalue weighted by Crippen LogP contribution is -2.24. The van der Waals surface area contributed by atoms with Crippen molar-refractivity contribution in [1.82, 2.24) is 20.1 Å². The molecule has 0 bridgehead atoms. The van der Waals surface area contributed by atoms with Crippen LogP contribution in [-0.2, 0) is 6.54 Å². The van der Waals surface area contributed by atoms with E-state index in [1.807, 2.05) is 51.1 Å². The molecule has 1 amide bonds. The van der Waals surface area contributed by atoms with Gasteiger partial charge in [-0.2, -0.15) is 5.10 Å². The summed E-state index contributed by atoms with van der Waals surface area (Å²) in [6.07, 6.45) is 0. The van der Waals surface area contributed by atoms with E-state index in [9.17, 15) is 4.79 Å². The van der Waals surface area contributed by atoms with Crippen molar-refractivity contribution in [3.05, 3.63) is 75.7 Å². The smallest absolute Gasteiger partial charge is 0.271 e. The highest BCUT2D eigenvalue weighted by atomic mass is 35.5. The fraction of sp³-hybridized carbons (Fsp3) is 0.211. The van der Waals surface area contributed by atoms with Gasteiger partial charge in [0.15, 0.2) is 5.82 Å². The number of nitrogens with zero attached hydrogens (tertiary/aromatic N) is 3. The normalized spacial score (nSPS) is 10.7. The Labute approximate surface area is 151 Å². The van der Waals surface area contributed by atoms with Gasteiger partial charge < -0.3 is 5.32 Å². The molecule has 25 heavy (non-hydrogen) atoms. The van der Waals surface area contributed by atoms with E-state index in [1.54, 1.807) is 16.8 Å². The van der Waals surface area contributed by atoms with E-state index in [2.05, 4.69) is 15.4 Å². The average molecular weight is 355 g/mol. The number of rotatable bonds is 4. The van der Waals surface area contributed by atoms with Gasteiger partial charge in [-0.3, -0.25) is 4.79 Å². The first kappa shape index (κ1) is 17.2. The molecule has 0 atom stereocenters. The molecule has 6 heteroatoms. The van der Waals surface area contributed by atoms with Crippen LogP contribution >= 0.6 is 11.6 Å². The number of hydrogen-bond acceptors (Lipinski definition) is 3. The Morgan fingerprint density at radius 1 is 1.12 bits per heavy atom. The Hall–Kier alpha value is -2.66. The molecule has 3 aromatic rings. The highest BCUT2D eigenvalue weighted by Crippen LogP contribution is 2.18. The number of aryl methyl sites for hydroxylation is 3. The van der Waals surface area contributed by atoms with Crippen LogP contribution in [-0.4, -0.2) is 20.7 Å². The van der Waals surface area contributed by atoms with Gasteiger partial charge in [0, 0.05) is 12.2 Å². The van der Waals surface area contributed by atoms with Crippen LogP contribution in [0.1, 0.15) is 33.0 Å². The Morgan fingerprint density at radius 2 is 1.84 bits per heavy atom. The van der Waals surface area contributed by atoms with Crippen molar-refractivity contribution in [2.75, 3.05) is 0 Å². The molecule has 0 saturated carbocycles. The third-order valence-corrected chi connectivity index (χ3v) is 4.15. The topological polar surface area (TPSA) is 59.8 Å². The highest BCUT2D eigenvalue weighted by molar-refractivity contribution is 6.33. The second kappa shape index (κ2) is 7.07. The first-order chi connectivity index (χ1) is 11.9. The van der Waals surface area contributed by atoms with Crippen molar-refractivity contribution < 1.29 is 4.79 Å². The monoisotopic (exact) mass is 354 g/mol. The van der Waals surface area contributed by atoms with Gasteiger partial charge in [-0.05, 0) is 44.5 Å². The van der Waals surface area contributed by atoms with Crippen molar-refractivity contribution in [3.8, 4) is 5.82 Å². The maximum atomic E-state index is 12.5. The molecule has 0 aliphatic heterocycles. The number of halogens is 1. The lowest BCUT2D eigenvalue weighted by molar-refractivity contribution is 0.0946. The molecule has 0 saturated heterocycles. The first-order valence-electron chi connectivity index (χ1n) is 7.98. The van der Waals surface area contributed by atoms with Crippen molar-refractivity contribution in [2.45, 2.75) is 27.3 Å². The van der Waals surface area contributed by atoms with E-state index in [0.29, 0.717) is 17.4 Å². The zero-order valence-corrected chi connectivity index (χ0v) is 15.1. The van der Waals surface area contributed by atoms with E-state index < -0.39 is 0 Å².